The van der Waals surface area contributed by atoms with Crippen LogP contribution in [0.25, 0.3) is 11.0 Å². The van der Waals surface area contributed by atoms with Gasteiger partial charge >= 0.3 is 5.63 Å². The Morgan fingerprint density at radius 2 is 2.28 bits per heavy atom. The molecule has 0 atom stereocenters. The van der Waals surface area contributed by atoms with E-state index in [0.29, 0.717) is 10.9 Å². The molecule has 0 saturated carbocycles. The Morgan fingerprint density at radius 3 is 2.94 bits per heavy atom. The largest absolute Gasteiger partial charge is 0.473 e. The predicted octanol–water partition coefficient (Wildman–Crippen LogP) is 2.01. The van der Waals surface area contributed by atoms with E-state index in [9.17, 15) is 9.59 Å². The Morgan fingerprint density at radius 1 is 1.50 bits per heavy atom. The lowest BCUT2D eigenvalue weighted by atomic mass is 10.1. The summed E-state index contributed by atoms with van der Waals surface area (Å²) in [5.74, 6) is 2.14. The number of hydrogen-bond donors (Lipinski definition) is 0. The van der Waals surface area contributed by atoms with Gasteiger partial charge in [-0.15, -0.1) is 6.42 Å². The van der Waals surface area contributed by atoms with Gasteiger partial charge in [-0.1, -0.05) is 18.1 Å². The minimum absolute atomic E-state index is 0.0112. The lowest BCUT2D eigenvalue weighted by molar-refractivity contribution is 0.101. The smallest absolute Gasteiger partial charge is 0.379 e. The number of fused-ring (bicyclic) bond motifs is 1. The molecule has 0 bridgehead atoms. The average molecular weight is 242 g/mol. The van der Waals surface area contributed by atoms with Crippen LogP contribution < -0.4 is 10.4 Å². The van der Waals surface area contributed by atoms with E-state index in [1.54, 1.807) is 18.2 Å². The summed E-state index contributed by atoms with van der Waals surface area (Å²) < 4.78 is 10.2. The van der Waals surface area contributed by atoms with Crippen molar-refractivity contribution in [2.24, 2.45) is 0 Å². The van der Waals surface area contributed by atoms with Crippen LogP contribution in [0, 0.1) is 12.3 Å². The Hall–Kier alpha value is -2.54. The summed E-state index contributed by atoms with van der Waals surface area (Å²) in [6.07, 6.45) is 5.05. The third kappa shape index (κ3) is 2.11. The Balaban J connectivity index is 2.64. The van der Waals surface area contributed by atoms with Crippen molar-refractivity contribution in [1.29, 1.82) is 0 Å². The van der Waals surface area contributed by atoms with Gasteiger partial charge in [-0.3, -0.25) is 4.79 Å². The summed E-state index contributed by atoms with van der Waals surface area (Å²) in [7, 11) is 0. The molecule has 0 aliphatic heterocycles. The summed E-state index contributed by atoms with van der Waals surface area (Å²) in [5.41, 5.74) is -0.0115. The zero-order valence-corrected chi connectivity index (χ0v) is 9.73. The molecule has 2 rings (SSSR count). The number of benzene rings is 1. The lowest BCUT2D eigenvalue weighted by Crippen LogP contribution is -2.08. The average Bonchev–Trinajstić information content (AvgIpc) is 2.35. The molecule has 0 fully saturated rings. The number of rotatable bonds is 3. The Kier molecular flexibility index (Phi) is 3.16. The Bertz CT molecular complexity index is 704. The molecule has 1 aromatic heterocycles. The fourth-order valence-corrected chi connectivity index (χ4v) is 1.62. The third-order valence-corrected chi connectivity index (χ3v) is 2.42. The maximum atomic E-state index is 11.6. The number of ether oxygens (including phenoxy) is 1. The molecule has 1 heterocycles. The van der Waals surface area contributed by atoms with Gasteiger partial charge in [0.25, 0.3) is 0 Å². The van der Waals surface area contributed by atoms with Crippen molar-refractivity contribution in [1.82, 2.24) is 0 Å². The highest BCUT2D eigenvalue weighted by Crippen LogP contribution is 2.21. The van der Waals surface area contributed by atoms with Crippen LogP contribution >= 0.6 is 0 Å². The van der Waals surface area contributed by atoms with Gasteiger partial charge in [0.05, 0.1) is 5.56 Å². The van der Waals surface area contributed by atoms with Crippen molar-refractivity contribution < 1.29 is 13.9 Å². The third-order valence-electron chi connectivity index (χ3n) is 2.42. The van der Waals surface area contributed by atoms with Gasteiger partial charge in [0.2, 0.25) is 5.75 Å². The fourth-order valence-electron chi connectivity index (χ4n) is 1.62. The molecule has 4 nitrogen and oxygen atoms in total. The molecule has 2 aromatic rings. The molecule has 0 radical (unpaired) electrons. The minimum Gasteiger partial charge on any atom is -0.473 e. The van der Waals surface area contributed by atoms with E-state index < -0.39 is 5.63 Å². The number of hydrogen-bond acceptors (Lipinski definition) is 4. The van der Waals surface area contributed by atoms with Gasteiger partial charge in [-0.2, -0.15) is 0 Å². The SMILES string of the molecule is C#CCOc1cc2cccc(C(C)=O)c2oc1=O. The van der Waals surface area contributed by atoms with Crippen LogP contribution in [0.2, 0.25) is 0 Å². The lowest BCUT2D eigenvalue weighted by Gasteiger charge is -2.04. The van der Waals surface area contributed by atoms with Gasteiger partial charge in [0, 0.05) is 5.39 Å². The standard InChI is InChI=1S/C14H10O4/c1-3-7-17-12-8-10-5-4-6-11(9(2)15)13(10)18-14(12)16/h1,4-6,8H,7H2,2H3. The summed E-state index contributed by atoms with van der Waals surface area (Å²) in [5, 5.41) is 0.620. The van der Waals surface area contributed by atoms with Crippen LogP contribution in [0.3, 0.4) is 0 Å². The Labute approximate surface area is 103 Å². The summed E-state index contributed by atoms with van der Waals surface area (Å²) in [6, 6.07) is 6.57. The molecule has 0 spiro atoms. The maximum absolute atomic E-state index is 11.6. The van der Waals surface area contributed by atoms with E-state index in [4.69, 9.17) is 15.6 Å². The molecular weight excluding hydrogens is 232 g/mol. The molecule has 0 amide bonds. The second-order valence-corrected chi connectivity index (χ2v) is 3.67. The van der Waals surface area contributed by atoms with Gasteiger partial charge in [-0.05, 0) is 19.1 Å². The number of Topliss-reactive ketones (excluding diaryl/α,β-unsaturated/α-hetero) is 1. The topological polar surface area (TPSA) is 56.5 Å². The molecule has 4 heteroatoms. The number of carbonyl (C=O) groups excluding carboxylic acids is 1. The normalized spacial score (nSPS) is 10.0. The van der Waals surface area contributed by atoms with Crippen LogP contribution in [0.1, 0.15) is 17.3 Å². The molecule has 0 unspecified atom stereocenters. The maximum Gasteiger partial charge on any atom is 0.379 e. The van der Waals surface area contributed by atoms with E-state index in [-0.39, 0.29) is 23.7 Å². The molecule has 18 heavy (non-hydrogen) atoms. The quantitative estimate of drug-likeness (QED) is 0.469. The van der Waals surface area contributed by atoms with Crippen LogP contribution in [-0.4, -0.2) is 12.4 Å². The van der Waals surface area contributed by atoms with E-state index in [0.717, 1.165) is 0 Å². The first kappa shape index (κ1) is 11.9. The van der Waals surface area contributed by atoms with Gasteiger partial charge in [-0.25, -0.2) is 4.79 Å². The first-order chi connectivity index (χ1) is 8.63. The van der Waals surface area contributed by atoms with Gasteiger partial charge in [0.15, 0.2) is 5.78 Å². The minimum atomic E-state index is -0.647. The number of terminal acetylenes is 1. The van der Waals surface area contributed by atoms with E-state index in [2.05, 4.69) is 5.92 Å². The molecule has 1 aromatic carbocycles. The molecular formula is C14H10O4. The molecule has 0 saturated heterocycles. The van der Waals surface area contributed by atoms with E-state index >= 15 is 0 Å². The highest BCUT2D eigenvalue weighted by molar-refractivity contribution is 6.04. The van der Waals surface area contributed by atoms with Crippen LogP contribution in [-0.2, 0) is 0 Å². The first-order valence-electron chi connectivity index (χ1n) is 5.27. The monoisotopic (exact) mass is 242 g/mol. The highest BCUT2D eigenvalue weighted by atomic mass is 16.5. The van der Waals surface area contributed by atoms with Crippen molar-refractivity contribution in [3.05, 3.63) is 40.2 Å². The summed E-state index contributed by atoms with van der Waals surface area (Å²) >= 11 is 0. The molecule has 0 aliphatic rings. The van der Waals surface area contributed by atoms with E-state index in [1.165, 1.54) is 13.0 Å². The molecule has 0 N–H and O–H groups in total. The van der Waals surface area contributed by atoms with Crippen molar-refractivity contribution in [3.63, 3.8) is 0 Å². The highest BCUT2D eigenvalue weighted by Gasteiger charge is 2.11. The van der Waals surface area contributed by atoms with Crippen LogP contribution in [0.4, 0.5) is 0 Å². The number of para-hydroxylation sites is 1. The predicted molar refractivity (Wildman–Crippen MR) is 66.8 cm³/mol. The van der Waals surface area contributed by atoms with Crippen molar-refractivity contribution in [3.8, 4) is 18.1 Å². The molecule has 0 aliphatic carbocycles. The molecule has 90 valence electrons. The number of ketones is 1. The second kappa shape index (κ2) is 4.76. The van der Waals surface area contributed by atoms with Crippen LogP contribution in [0.15, 0.2) is 33.5 Å². The van der Waals surface area contributed by atoms with Crippen molar-refractivity contribution >= 4 is 16.8 Å². The second-order valence-electron chi connectivity index (χ2n) is 3.67. The van der Waals surface area contributed by atoms with Crippen molar-refractivity contribution in [2.45, 2.75) is 6.92 Å². The van der Waals surface area contributed by atoms with Crippen LogP contribution in [0.5, 0.6) is 5.75 Å². The zero-order valence-electron chi connectivity index (χ0n) is 9.73. The van der Waals surface area contributed by atoms with E-state index in [1.807, 2.05) is 0 Å². The first-order valence-corrected chi connectivity index (χ1v) is 5.27. The fraction of sp³-hybridized carbons (Fsp3) is 0.143. The summed E-state index contributed by atoms with van der Waals surface area (Å²) in [4.78, 5) is 23.1. The van der Waals surface area contributed by atoms with Gasteiger partial charge < -0.3 is 9.15 Å². The summed E-state index contributed by atoms with van der Waals surface area (Å²) in [6.45, 7) is 1.40. The zero-order chi connectivity index (χ0) is 13.1. The van der Waals surface area contributed by atoms with Crippen molar-refractivity contribution in [2.75, 3.05) is 6.61 Å². The van der Waals surface area contributed by atoms with Gasteiger partial charge in [0.1, 0.15) is 12.2 Å². The number of carbonyl (C=O) groups is 1.